The van der Waals surface area contributed by atoms with Gasteiger partial charge in [0.2, 0.25) is 0 Å². The fraction of sp³-hybridized carbons (Fsp3) is 0.200. The van der Waals surface area contributed by atoms with E-state index in [9.17, 15) is 14.8 Å². The van der Waals surface area contributed by atoms with Crippen LogP contribution in [-0.4, -0.2) is 35.5 Å². The molecule has 1 aliphatic rings. The Kier molecular flexibility index (Phi) is 5.60. The number of ketones is 1. The molecule has 1 heterocycles. The fourth-order valence-electron chi connectivity index (χ4n) is 3.10. The van der Waals surface area contributed by atoms with Crippen molar-refractivity contribution < 1.29 is 14.8 Å². The maximum absolute atomic E-state index is 13.1. The van der Waals surface area contributed by atoms with Gasteiger partial charge >= 0.3 is 0 Å². The summed E-state index contributed by atoms with van der Waals surface area (Å²) >= 11 is 5.92. The molecule has 6 nitrogen and oxygen atoms in total. The van der Waals surface area contributed by atoms with Crippen molar-refractivity contribution in [3.63, 3.8) is 0 Å². The predicted octanol–water partition coefficient (Wildman–Crippen LogP) is 3.28. The predicted molar refractivity (Wildman–Crippen MR) is 106 cm³/mol. The minimum atomic E-state index is -0.773. The molecule has 1 aliphatic heterocycles. The molecule has 3 rings (SSSR count). The van der Waals surface area contributed by atoms with E-state index in [1.165, 1.54) is 0 Å². The molecule has 0 spiro atoms. The van der Waals surface area contributed by atoms with Crippen molar-refractivity contribution >= 4 is 34.7 Å². The van der Waals surface area contributed by atoms with E-state index in [1.54, 1.807) is 48.5 Å². The zero-order valence-corrected chi connectivity index (χ0v) is 15.4. The Labute approximate surface area is 162 Å². The van der Waals surface area contributed by atoms with Gasteiger partial charge in [0.1, 0.15) is 5.54 Å². The van der Waals surface area contributed by atoms with Gasteiger partial charge in [-0.15, -0.1) is 0 Å². The number of carbonyl (C=O) groups excluding carboxylic acids is 2. The Bertz CT molecular complexity index is 844. The summed E-state index contributed by atoms with van der Waals surface area (Å²) in [6.45, 7) is 4.56. The highest BCUT2D eigenvalue weighted by molar-refractivity contribution is 6.30. The van der Waals surface area contributed by atoms with Gasteiger partial charge in [0, 0.05) is 22.8 Å². The number of nitrogens with zero attached hydrogens (tertiary/aromatic N) is 1. The molecule has 0 aromatic heterocycles. The van der Waals surface area contributed by atoms with Crippen molar-refractivity contribution in [1.29, 1.82) is 0 Å². The van der Waals surface area contributed by atoms with E-state index < -0.39 is 11.4 Å². The molecule has 0 radical (unpaired) electrons. The van der Waals surface area contributed by atoms with Crippen molar-refractivity contribution in [2.45, 2.75) is 12.0 Å². The van der Waals surface area contributed by atoms with Crippen LogP contribution >= 0.6 is 11.6 Å². The van der Waals surface area contributed by atoms with E-state index in [2.05, 4.69) is 17.2 Å². The molecule has 1 amide bonds. The number of amides is 1. The molecule has 1 saturated heterocycles. The first-order chi connectivity index (χ1) is 12.9. The number of hydrogen-bond donors (Lipinski definition) is 3. The second kappa shape index (κ2) is 7.92. The second-order valence-electron chi connectivity index (χ2n) is 6.37. The zero-order valence-electron chi connectivity index (χ0n) is 14.6. The summed E-state index contributed by atoms with van der Waals surface area (Å²) in [7, 11) is 0. The molecule has 3 N–H and O–H groups in total. The molecule has 0 saturated carbocycles. The quantitative estimate of drug-likeness (QED) is 0.308. The first-order valence-corrected chi connectivity index (χ1v) is 8.88. The van der Waals surface area contributed by atoms with Gasteiger partial charge in [-0.3, -0.25) is 14.8 Å². The van der Waals surface area contributed by atoms with Crippen molar-refractivity contribution in [1.82, 2.24) is 5.32 Å². The highest BCUT2D eigenvalue weighted by atomic mass is 35.5. The molecule has 0 aliphatic carbocycles. The van der Waals surface area contributed by atoms with Crippen LogP contribution in [0.1, 0.15) is 16.8 Å². The van der Waals surface area contributed by atoms with Gasteiger partial charge in [0.05, 0.1) is 5.69 Å². The number of Topliss-reactive ketones (excluding diaryl/α,β-unsaturated/α-hetero) is 1. The lowest BCUT2D eigenvalue weighted by Gasteiger charge is -2.29. The Hall–Kier alpha value is -2.67. The molecule has 0 bridgehead atoms. The van der Waals surface area contributed by atoms with E-state index in [0.717, 1.165) is 12.6 Å². The van der Waals surface area contributed by atoms with Gasteiger partial charge in [-0.2, -0.15) is 5.06 Å². The smallest absolute Gasteiger partial charge is 0.274 e. The van der Waals surface area contributed by atoms with Crippen LogP contribution in [0.5, 0.6) is 0 Å². The van der Waals surface area contributed by atoms with Crippen LogP contribution in [0.4, 0.5) is 11.4 Å². The third-order valence-corrected chi connectivity index (χ3v) is 4.83. The van der Waals surface area contributed by atoms with Gasteiger partial charge in [-0.25, -0.2) is 0 Å². The molecular formula is C20H20ClN3O3. The van der Waals surface area contributed by atoms with Crippen LogP contribution < -0.4 is 15.7 Å². The highest BCUT2D eigenvalue weighted by Crippen LogP contribution is 2.28. The molecule has 0 unspecified atom stereocenters. The second-order valence-corrected chi connectivity index (χ2v) is 6.81. The number of nitrogens with one attached hydrogen (secondary N) is 2. The Morgan fingerprint density at radius 3 is 2.41 bits per heavy atom. The summed E-state index contributed by atoms with van der Waals surface area (Å²) in [5.41, 5.74) is 0.841. The van der Waals surface area contributed by atoms with Crippen molar-refractivity contribution in [2.24, 2.45) is 0 Å². The molecular weight excluding hydrogens is 366 g/mol. The summed E-state index contributed by atoms with van der Waals surface area (Å²) in [6, 6.07) is 13.5. The number of benzene rings is 2. The summed E-state index contributed by atoms with van der Waals surface area (Å²) < 4.78 is 0. The van der Waals surface area contributed by atoms with Gasteiger partial charge in [-0.1, -0.05) is 18.2 Å². The maximum Gasteiger partial charge on any atom is 0.274 e. The first-order valence-electron chi connectivity index (χ1n) is 8.50. The SMILES string of the molecule is C=CC(=O)N(O)c1ccc(N[C@]2(C(=O)c3ccc(Cl)cc3)CCNC2)cc1. The van der Waals surface area contributed by atoms with Crippen LogP contribution in [0.15, 0.2) is 61.2 Å². The minimum absolute atomic E-state index is 0.0149. The minimum Gasteiger partial charge on any atom is -0.371 e. The lowest BCUT2D eigenvalue weighted by molar-refractivity contribution is -0.118. The fourth-order valence-corrected chi connectivity index (χ4v) is 3.23. The van der Waals surface area contributed by atoms with E-state index in [1.807, 2.05) is 0 Å². The topological polar surface area (TPSA) is 81.7 Å². The average Bonchev–Trinajstić information content (AvgIpc) is 3.17. The Morgan fingerprint density at radius 2 is 1.85 bits per heavy atom. The largest absolute Gasteiger partial charge is 0.371 e. The summed E-state index contributed by atoms with van der Waals surface area (Å²) in [5, 5.41) is 17.4. The van der Waals surface area contributed by atoms with Crippen LogP contribution in [0.2, 0.25) is 5.02 Å². The average molecular weight is 386 g/mol. The number of carbonyl (C=O) groups is 2. The third-order valence-electron chi connectivity index (χ3n) is 4.58. The van der Waals surface area contributed by atoms with Crippen LogP contribution in [-0.2, 0) is 4.79 Å². The first kappa shape index (κ1) is 19.1. The summed E-state index contributed by atoms with van der Waals surface area (Å²) in [5.74, 6) is -0.635. The molecule has 1 fully saturated rings. The highest BCUT2D eigenvalue weighted by Gasteiger charge is 2.41. The third kappa shape index (κ3) is 4.03. The summed E-state index contributed by atoms with van der Waals surface area (Å²) in [4.78, 5) is 24.6. The van der Waals surface area contributed by atoms with Gasteiger partial charge < -0.3 is 10.6 Å². The van der Waals surface area contributed by atoms with Crippen LogP contribution in [0.3, 0.4) is 0 Å². The summed E-state index contributed by atoms with van der Waals surface area (Å²) in [6.07, 6.45) is 1.66. The zero-order chi connectivity index (χ0) is 19.4. The van der Waals surface area contributed by atoms with E-state index in [4.69, 9.17) is 11.6 Å². The van der Waals surface area contributed by atoms with Crippen molar-refractivity contribution in [3.05, 3.63) is 71.8 Å². The van der Waals surface area contributed by atoms with Crippen LogP contribution in [0.25, 0.3) is 0 Å². The Balaban J connectivity index is 1.82. The maximum atomic E-state index is 13.1. The Morgan fingerprint density at radius 1 is 1.19 bits per heavy atom. The number of anilines is 2. The standard InChI is InChI=1S/C20H20ClN3O3/c1-2-18(25)24(27)17-9-7-16(8-10-17)23-20(11-12-22-13-20)19(26)14-3-5-15(21)6-4-14/h2-10,22-23,27H,1,11-13H2/t20-/m1/s1. The molecule has 7 heteroatoms. The number of hydrogen-bond acceptors (Lipinski definition) is 5. The van der Waals surface area contributed by atoms with Crippen LogP contribution in [0, 0.1) is 0 Å². The lowest BCUT2D eigenvalue weighted by atomic mass is 9.88. The number of halogens is 1. The molecule has 1 atom stereocenters. The van der Waals surface area contributed by atoms with Gasteiger partial charge in [0.25, 0.3) is 5.91 Å². The van der Waals surface area contributed by atoms with Crippen molar-refractivity contribution in [3.8, 4) is 0 Å². The van der Waals surface area contributed by atoms with Gasteiger partial charge in [0.15, 0.2) is 5.78 Å². The van der Waals surface area contributed by atoms with E-state index in [-0.39, 0.29) is 5.78 Å². The lowest BCUT2D eigenvalue weighted by Crippen LogP contribution is -2.48. The van der Waals surface area contributed by atoms with E-state index >= 15 is 0 Å². The number of rotatable bonds is 6. The molecule has 27 heavy (non-hydrogen) atoms. The molecule has 140 valence electrons. The normalized spacial score (nSPS) is 18.7. The number of hydroxylamine groups is 1. The molecule has 2 aromatic rings. The van der Waals surface area contributed by atoms with E-state index in [0.29, 0.717) is 40.0 Å². The van der Waals surface area contributed by atoms with Gasteiger partial charge in [-0.05, 0) is 67.6 Å². The molecule has 2 aromatic carbocycles. The monoisotopic (exact) mass is 385 g/mol. The van der Waals surface area contributed by atoms with Crippen molar-refractivity contribution in [2.75, 3.05) is 23.5 Å².